The third-order valence-corrected chi connectivity index (χ3v) is 3.77. The van der Waals surface area contributed by atoms with Gasteiger partial charge in [-0.15, -0.1) is 11.3 Å². The predicted octanol–water partition coefficient (Wildman–Crippen LogP) is 2.87. The van der Waals surface area contributed by atoms with E-state index in [1.54, 1.807) is 20.8 Å². The van der Waals surface area contributed by atoms with Crippen LogP contribution in [-0.4, -0.2) is 29.4 Å². The minimum atomic E-state index is -1.05. The number of rotatable bonds is 2. The fourth-order valence-corrected chi connectivity index (χ4v) is 3.11. The first-order chi connectivity index (χ1) is 9.28. The third kappa shape index (κ3) is 3.29. The SMILES string of the molecule is CC(C)(C)OC(=O)Nc1sc2c(c1C(=O)O)CCOC2. The van der Waals surface area contributed by atoms with Gasteiger partial charge in [0.15, 0.2) is 0 Å². The number of thiophene rings is 1. The van der Waals surface area contributed by atoms with Gasteiger partial charge in [0.05, 0.1) is 18.8 Å². The van der Waals surface area contributed by atoms with E-state index in [2.05, 4.69) is 5.32 Å². The maximum absolute atomic E-state index is 11.8. The summed E-state index contributed by atoms with van der Waals surface area (Å²) in [5.74, 6) is -1.05. The van der Waals surface area contributed by atoms with Crippen molar-refractivity contribution in [2.24, 2.45) is 0 Å². The lowest BCUT2D eigenvalue weighted by molar-refractivity contribution is 0.0636. The van der Waals surface area contributed by atoms with Crippen LogP contribution in [-0.2, 0) is 22.5 Å². The van der Waals surface area contributed by atoms with Gasteiger partial charge in [0.1, 0.15) is 10.6 Å². The molecule has 0 atom stereocenters. The van der Waals surface area contributed by atoms with E-state index >= 15 is 0 Å². The zero-order chi connectivity index (χ0) is 14.9. The van der Waals surface area contributed by atoms with Crippen LogP contribution in [0.1, 0.15) is 41.6 Å². The molecule has 0 aliphatic carbocycles. The van der Waals surface area contributed by atoms with Gasteiger partial charge in [-0.25, -0.2) is 9.59 Å². The van der Waals surface area contributed by atoms with Gasteiger partial charge in [-0.05, 0) is 32.8 Å². The molecule has 110 valence electrons. The Morgan fingerprint density at radius 3 is 2.70 bits per heavy atom. The lowest BCUT2D eigenvalue weighted by Gasteiger charge is -2.19. The number of ether oxygens (including phenoxy) is 2. The Labute approximate surface area is 120 Å². The van der Waals surface area contributed by atoms with E-state index < -0.39 is 17.7 Å². The average Bonchev–Trinajstić information content (AvgIpc) is 2.63. The van der Waals surface area contributed by atoms with Crippen molar-refractivity contribution in [2.75, 3.05) is 11.9 Å². The van der Waals surface area contributed by atoms with Crippen LogP contribution < -0.4 is 5.32 Å². The van der Waals surface area contributed by atoms with Crippen LogP contribution in [0.2, 0.25) is 0 Å². The minimum absolute atomic E-state index is 0.152. The van der Waals surface area contributed by atoms with E-state index in [1.807, 2.05) is 0 Å². The number of anilines is 1. The highest BCUT2D eigenvalue weighted by Crippen LogP contribution is 2.36. The summed E-state index contributed by atoms with van der Waals surface area (Å²) in [7, 11) is 0. The number of carboxylic acids is 1. The minimum Gasteiger partial charge on any atom is -0.478 e. The van der Waals surface area contributed by atoms with E-state index in [-0.39, 0.29) is 5.56 Å². The van der Waals surface area contributed by atoms with Crippen molar-refractivity contribution < 1.29 is 24.2 Å². The van der Waals surface area contributed by atoms with Gasteiger partial charge in [0, 0.05) is 4.88 Å². The Morgan fingerprint density at radius 1 is 1.40 bits per heavy atom. The summed E-state index contributed by atoms with van der Waals surface area (Å²) in [6, 6.07) is 0. The molecular weight excluding hydrogens is 282 g/mol. The van der Waals surface area contributed by atoms with Gasteiger partial charge in [0.2, 0.25) is 0 Å². The number of amides is 1. The van der Waals surface area contributed by atoms with Gasteiger partial charge in [-0.1, -0.05) is 0 Å². The number of nitrogens with one attached hydrogen (secondary N) is 1. The first-order valence-corrected chi connectivity index (χ1v) is 7.05. The van der Waals surface area contributed by atoms with Crippen molar-refractivity contribution in [3.05, 3.63) is 16.0 Å². The number of hydrogen-bond acceptors (Lipinski definition) is 5. The number of aromatic carboxylic acids is 1. The highest BCUT2D eigenvalue weighted by molar-refractivity contribution is 7.16. The normalized spacial score (nSPS) is 14.6. The van der Waals surface area contributed by atoms with Gasteiger partial charge < -0.3 is 14.6 Å². The molecular formula is C13H17NO5S. The highest BCUT2D eigenvalue weighted by Gasteiger charge is 2.27. The molecule has 0 unspecified atom stereocenters. The van der Waals surface area contributed by atoms with Crippen LogP contribution in [0.3, 0.4) is 0 Å². The number of carboxylic acid groups (broad SMARTS) is 1. The maximum Gasteiger partial charge on any atom is 0.412 e. The zero-order valence-electron chi connectivity index (χ0n) is 11.6. The molecule has 0 bridgehead atoms. The van der Waals surface area contributed by atoms with Gasteiger partial charge in [-0.2, -0.15) is 0 Å². The molecule has 20 heavy (non-hydrogen) atoms. The van der Waals surface area contributed by atoms with E-state index in [0.717, 1.165) is 10.4 Å². The van der Waals surface area contributed by atoms with Crippen molar-refractivity contribution in [3.8, 4) is 0 Å². The van der Waals surface area contributed by atoms with Crippen molar-refractivity contribution in [3.63, 3.8) is 0 Å². The monoisotopic (exact) mass is 299 g/mol. The van der Waals surface area contributed by atoms with Crippen molar-refractivity contribution in [1.29, 1.82) is 0 Å². The van der Waals surface area contributed by atoms with Gasteiger partial charge in [-0.3, -0.25) is 5.32 Å². The second-order valence-electron chi connectivity index (χ2n) is 5.44. The third-order valence-electron chi connectivity index (χ3n) is 2.65. The Morgan fingerprint density at radius 2 is 2.10 bits per heavy atom. The van der Waals surface area contributed by atoms with Crippen LogP contribution >= 0.6 is 11.3 Å². The quantitative estimate of drug-likeness (QED) is 0.877. The summed E-state index contributed by atoms with van der Waals surface area (Å²) >= 11 is 1.23. The summed E-state index contributed by atoms with van der Waals surface area (Å²) in [4.78, 5) is 24.0. The van der Waals surface area contributed by atoms with Crippen LogP contribution in [0.25, 0.3) is 0 Å². The average molecular weight is 299 g/mol. The van der Waals surface area contributed by atoms with E-state index in [9.17, 15) is 14.7 Å². The summed E-state index contributed by atoms with van der Waals surface area (Å²) in [6.45, 7) is 6.13. The molecule has 1 aliphatic rings. The van der Waals surface area contributed by atoms with E-state index in [4.69, 9.17) is 9.47 Å². The standard InChI is InChI=1S/C13H17NO5S/c1-13(2,3)19-12(17)14-10-9(11(15)16)7-4-5-18-6-8(7)20-10/h4-6H2,1-3H3,(H,14,17)(H,15,16). The molecule has 0 saturated carbocycles. The second kappa shape index (κ2) is 5.41. The summed E-state index contributed by atoms with van der Waals surface area (Å²) in [5, 5.41) is 12.2. The predicted molar refractivity (Wildman–Crippen MR) is 74.5 cm³/mol. The molecule has 1 aromatic rings. The Bertz CT molecular complexity index is 544. The molecule has 2 rings (SSSR count). The number of carbonyl (C=O) groups excluding carboxylic acids is 1. The maximum atomic E-state index is 11.8. The molecule has 1 aliphatic heterocycles. The lowest BCUT2D eigenvalue weighted by Crippen LogP contribution is -2.27. The molecule has 0 aromatic carbocycles. The van der Waals surface area contributed by atoms with Crippen LogP contribution in [0.5, 0.6) is 0 Å². The molecule has 7 heteroatoms. The molecule has 0 fully saturated rings. The first kappa shape index (κ1) is 14.8. The van der Waals surface area contributed by atoms with Gasteiger partial charge >= 0.3 is 12.1 Å². The molecule has 2 N–H and O–H groups in total. The molecule has 1 aromatic heterocycles. The Balaban J connectivity index is 2.25. The van der Waals surface area contributed by atoms with E-state index in [0.29, 0.717) is 24.6 Å². The Hall–Kier alpha value is -1.60. The summed E-state index contributed by atoms with van der Waals surface area (Å²) in [5.41, 5.74) is 0.270. The van der Waals surface area contributed by atoms with Crippen molar-refractivity contribution >= 4 is 28.4 Å². The highest BCUT2D eigenvalue weighted by atomic mass is 32.1. The second-order valence-corrected chi connectivity index (χ2v) is 6.55. The lowest BCUT2D eigenvalue weighted by atomic mass is 10.1. The number of hydrogen-bond donors (Lipinski definition) is 2. The molecule has 6 nitrogen and oxygen atoms in total. The number of fused-ring (bicyclic) bond motifs is 1. The van der Waals surface area contributed by atoms with Crippen molar-refractivity contribution in [2.45, 2.75) is 39.4 Å². The van der Waals surface area contributed by atoms with Crippen LogP contribution in [0.15, 0.2) is 0 Å². The van der Waals surface area contributed by atoms with Crippen molar-refractivity contribution in [1.82, 2.24) is 0 Å². The first-order valence-electron chi connectivity index (χ1n) is 6.23. The fraction of sp³-hybridized carbons (Fsp3) is 0.538. The topological polar surface area (TPSA) is 84.9 Å². The largest absolute Gasteiger partial charge is 0.478 e. The summed E-state index contributed by atoms with van der Waals surface area (Å²) < 4.78 is 10.4. The molecule has 2 heterocycles. The number of carbonyl (C=O) groups is 2. The smallest absolute Gasteiger partial charge is 0.412 e. The van der Waals surface area contributed by atoms with Crippen LogP contribution in [0, 0.1) is 0 Å². The van der Waals surface area contributed by atoms with Crippen LogP contribution in [0.4, 0.5) is 9.80 Å². The molecule has 0 spiro atoms. The molecule has 0 radical (unpaired) electrons. The fourth-order valence-electron chi connectivity index (χ4n) is 1.94. The Kier molecular flexibility index (Phi) is 4.01. The molecule has 1 amide bonds. The van der Waals surface area contributed by atoms with E-state index in [1.165, 1.54) is 11.3 Å². The molecule has 0 saturated heterocycles. The summed E-state index contributed by atoms with van der Waals surface area (Å²) in [6.07, 6.45) is -0.108. The zero-order valence-corrected chi connectivity index (χ0v) is 12.4. The van der Waals surface area contributed by atoms with Gasteiger partial charge in [0.25, 0.3) is 0 Å².